The van der Waals surface area contributed by atoms with E-state index in [1.807, 2.05) is 0 Å². The summed E-state index contributed by atoms with van der Waals surface area (Å²) >= 11 is 0. The molecule has 1 aliphatic carbocycles. The molecule has 0 aromatic carbocycles. The minimum absolute atomic E-state index is 0.908. The summed E-state index contributed by atoms with van der Waals surface area (Å²) in [6.45, 7) is 6.72. The lowest BCUT2D eigenvalue weighted by atomic mass is 10.0. The summed E-state index contributed by atoms with van der Waals surface area (Å²) in [7, 11) is -0.908. The van der Waals surface area contributed by atoms with Crippen molar-refractivity contribution in [2.75, 3.05) is 0 Å². The highest BCUT2D eigenvalue weighted by atomic mass is 28.3. The van der Waals surface area contributed by atoms with Crippen LogP contribution in [0.25, 0.3) is 0 Å². The first-order chi connectivity index (χ1) is 6.74. The van der Waals surface area contributed by atoms with Gasteiger partial charge in [-0.05, 0) is 37.9 Å². The predicted octanol–water partition coefficient (Wildman–Crippen LogP) is 3.78. The molecule has 0 atom stereocenters. The summed E-state index contributed by atoms with van der Waals surface area (Å²) in [5, 5.41) is 0. The molecule has 0 saturated heterocycles. The van der Waals surface area contributed by atoms with E-state index in [1.54, 1.807) is 0 Å². The van der Waals surface area contributed by atoms with E-state index in [1.165, 1.54) is 30.6 Å². The van der Waals surface area contributed by atoms with Gasteiger partial charge in [-0.2, -0.15) is 0 Å². The topological polar surface area (TPSA) is 9.23 Å². The van der Waals surface area contributed by atoms with Crippen molar-refractivity contribution in [3.63, 3.8) is 0 Å². The number of hydrogen-bond acceptors (Lipinski definition) is 1. The van der Waals surface area contributed by atoms with E-state index in [2.05, 4.69) is 32.2 Å². The lowest BCUT2D eigenvalue weighted by Crippen LogP contribution is -2.10. The number of unbranched alkanes of at least 4 members (excludes halogenated alkanes) is 1. The normalized spacial score (nSPS) is 16.6. The maximum absolute atomic E-state index is 5.97. The van der Waals surface area contributed by atoms with Crippen LogP contribution >= 0.6 is 0 Å². The van der Waals surface area contributed by atoms with E-state index in [4.69, 9.17) is 4.43 Å². The number of rotatable bonds is 5. The van der Waals surface area contributed by atoms with Gasteiger partial charge in [-0.1, -0.05) is 25.5 Å². The highest BCUT2D eigenvalue weighted by Gasteiger charge is 2.10. The lowest BCUT2D eigenvalue weighted by Gasteiger charge is -2.19. The summed E-state index contributed by atoms with van der Waals surface area (Å²) in [5.74, 6) is 1.29. The fraction of sp³-hybridized carbons (Fsp3) is 0.667. The molecule has 0 aromatic rings. The molecular formula is C12H22OSi. The van der Waals surface area contributed by atoms with Gasteiger partial charge in [0, 0.05) is 6.42 Å². The molecular weight excluding hydrogens is 188 g/mol. The zero-order valence-corrected chi connectivity index (χ0v) is 10.8. The zero-order chi connectivity index (χ0) is 10.4. The molecule has 0 saturated carbocycles. The van der Waals surface area contributed by atoms with Gasteiger partial charge in [0.2, 0.25) is 9.04 Å². The average Bonchev–Trinajstić information content (AvgIpc) is 2.16. The Labute approximate surface area is 89.6 Å². The molecule has 1 nitrogen and oxygen atoms in total. The summed E-state index contributed by atoms with van der Waals surface area (Å²) < 4.78 is 5.97. The van der Waals surface area contributed by atoms with Gasteiger partial charge in [0.25, 0.3) is 0 Å². The Morgan fingerprint density at radius 2 is 2.21 bits per heavy atom. The Morgan fingerprint density at radius 3 is 2.86 bits per heavy atom. The van der Waals surface area contributed by atoms with Crippen LogP contribution in [-0.4, -0.2) is 9.04 Å². The van der Waals surface area contributed by atoms with Gasteiger partial charge in [0.15, 0.2) is 0 Å². The SMILES string of the molecule is CCCCC1=C(O[SiH](C)C)CCC=C1. The Bertz CT molecular complexity index is 228. The Hall–Kier alpha value is -0.503. The standard InChI is InChI=1S/C12H22OSi/c1-4-5-8-11-9-6-7-10-12(11)13-14(2)3/h6,9,14H,4-5,7-8,10H2,1-3H3. The molecule has 1 aliphatic rings. The Morgan fingerprint density at radius 1 is 1.43 bits per heavy atom. The van der Waals surface area contributed by atoms with Crippen LogP contribution < -0.4 is 0 Å². The molecule has 1 rings (SSSR count). The zero-order valence-electron chi connectivity index (χ0n) is 9.68. The van der Waals surface area contributed by atoms with Crippen LogP contribution in [0.1, 0.15) is 39.0 Å². The minimum atomic E-state index is -0.908. The third kappa shape index (κ3) is 3.70. The van der Waals surface area contributed by atoms with Crippen molar-refractivity contribution in [1.82, 2.24) is 0 Å². The highest BCUT2D eigenvalue weighted by molar-refractivity contribution is 6.48. The van der Waals surface area contributed by atoms with Crippen molar-refractivity contribution < 1.29 is 4.43 Å². The highest BCUT2D eigenvalue weighted by Crippen LogP contribution is 2.24. The molecule has 14 heavy (non-hydrogen) atoms. The van der Waals surface area contributed by atoms with Gasteiger partial charge in [0.05, 0.1) is 5.76 Å². The molecule has 0 amide bonds. The number of allylic oxidation sites excluding steroid dienone is 4. The van der Waals surface area contributed by atoms with Gasteiger partial charge in [-0.25, -0.2) is 0 Å². The summed E-state index contributed by atoms with van der Waals surface area (Å²) in [6, 6.07) is 0. The molecule has 0 spiro atoms. The summed E-state index contributed by atoms with van der Waals surface area (Å²) in [4.78, 5) is 0. The molecule has 80 valence electrons. The third-order valence-electron chi connectivity index (χ3n) is 2.39. The van der Waals surface area contributed by atoms with Crippen LogP contribution in [0.4, 0.5) is 0 Å². The molecule has 0 aromatic heterocycles. The van der Waals surface area contributed by atoms with E-state index in [9.17, 15) is 0 Å². The fourth-order valence-corrected chi connectivity index (χ4v) is 2.54. The van der Waals surface area contributed by atoms with Crippen molar-refractivity contribution in [2.24, 2.45) is 0 Å². The molecule has 0 radical (unpaired) electrons. The van der Waals surface area contributed by atoms with Gasteiger partial charge in [0.1, 0.15) is 0 Å². The van der Waals surface area contributed by atoms with E-state index in [0.717, 1.165) is 12.8 Å². The quantitative estimate of drug-likeness (QED) is 0.627. The average molecular weight is 210 g/mol. The van der Waals surface area contributed by atoms with Crippen molar-refractivity contribution >= 4 is 9.04 Å². The van der Waals surface area contributed by atoms with E-state index < -0.39 is 9.04 Å². The van der Waals surface area contributed by atoms with E-state index in [-0.39, 0.29) is 0 Å². The van der Waals surface area contributed by atoms with Crippen molar-refractivity contribution in [2.45, 2.75) is 52.1 Å². The van der Waals surface area contributed by atoms with Crippen LogP contribution in [0, 0.1) is 0 Å². The summed E-state index contributed by atoms with van der Waals surface area (Å²) in [6.07, 6.45) is 10.6. The third-order valence-corrected chi connectivity index (χ3v) is 3.15. The molecule has 2 heteroatoms. The molecule has 0 fully saturated rings. The first-order valence-corrected chi connectivity index (χ1v) is 8.57. The Kier molecular flexibility index (Phi) is 5.02. The van der Waals surface area contributed by atoms with Crippen LogP contribution in [0.3, 0.4) is 0 Å². The molecule has 0 bridgehead atoms. The predicted molar refractivity (Wildman–Crippen MR) is 64.9 cm³/mol. The molecule has 0 heterocycles. The van der Waals surface area contributed by atoms with E-state index >= 15 is 0 Å². The summed E-state index contributed by atoms with van der Waals surface area (Å²) in [5.41, 5.74) is 1.46. The first-order valence-electron chi connectivity index (χ1n) is 5.79. The smallest absolute Gasteiger partial charge is 0.229 e. The van der Waals surface area contributed by atoms with Gasteiger partial charge < -0.3 is 4.43 Å². The van der Waals surface area contributed by atoms with E-state index in [0.29, 0.717) is 0 Å². The van der Waals surface area contributed by atoms with Gasteiger partial charge in [-0.3, -0.25) is 0 Å². The molecule has 0 unspecified atom stereocenters. The van der Waals surface area contributed by atoms with Crippen molar-refractivity contribution in [3.05, 3.63) is 23.5 Å². The first kappa shape index (κ1) is 11.6. The van der Waals surface area contributed by atoms with Gasteiger partial charge >= 0.3 is 0 Å². The van der Waals surface area contributed by atoms with Crippen LogP contribution in [0.15, 0.2) is 23.5 Å². The second-order valence-corrected chi connectivity index (χ2v) is 6.49. The van der Waals surface area contributed by atoms with Gasteiger partial charge in [-0.15, -0.1) is 0 Å². The second-order valence-electron chi connectivity index (χ2n) is 4.16. The van der Waals surface area contributed by atoms with Crippen molar-refractivity contribution in [1.29, 1.82) is 0 Å². The maximum Gasteiger partial charge on any atom is 0.229 e. The van der Waals surface area contributed by atoms with Crippen LogP contribution in [-0.2, 0) is 4.43 Å². The van der Waals surface area contributed by atoms with Crippen molar-refractivity contribution in [3.8, 4) is 0 Å². The molecule has 0 N–H and O–H groups in total. The van der Waals surface area contributed by atoms with Crippen LogP contribution in [0.2, 0.25) is 13.1 Å². The second kappa shape index (κ2) is 6.07. The fourth-order valence-electron chi connectivity index (χ4n) is 1.70. The monoisotopic (exact) mass is 210 g/mol. The Balaban J connectivity index is 2.60. The molecule has 0 aliphatic heterocycles. The largest absolute Gasteiger partial charge is 0.550 e. The maximum atomic E-state index is 5.97. The van der Waals surface area contributed by atoms with Crippen LogP contribution in [0.5, 0.6) is 0 Å². The minimum Gasteiger partial charge on any atom is -0.550 e. The number of hydrogen-bond donors (Lipinski definition) is 0. The lowest BCUT2D eigenvalue weighted by molar-refractivity contribution is 0.406.